The summed E-state index contributed by atoms with van der Waals surface area (Å²) >= 11 is 0. The molecule has 0 aromatic heterocycles. The van der Waals surface area contributed by atoms with E-state index in [1.807, 2.05) is 0 Å². The molecule has 0 saturated carbocycles. The van der Waals surface area contributed by atoms with Crippen molar-refractivity contribution in [2.75, 3.05) is 0 Å². The van der Waals surface area contributed by atoms with Gasteiger partial charge in [0.1, 0.15) is 5.82 Å². The molecule has 7 heteroatoms. The van der Waals surface area contributed by atoms with Crippen LogP contribution in [0.4, 0.5) is 4.39 Å². The maximum absolute atomic E-state index is 12.9. The summed E-state index contributed by atoms with van der Waals surface area (Å²) < 4.78 is 39.2. The molecule has 0 aliphatic heterocycles. The van der Waals surface area contributed by atoms with E-state index in [1.165, 1.54) is 24.3 Å². The number of carbonyl (C=O) groups is 1. The fourth-order valence-corrected chi connectivity index (χ4v) is 2.90. The summed E-state index contributed by atoms with van der Waals surface area (Å²) in [5, 5.41) is 7.26. The Morgan fingerprint density at radius 3 is 2.10 bits per heavy atom. The molecule has 1 rings (SSSR count). The van der Waals surface area contributed by atoms with E-state index in [-0.39, 0.29) is 5.92 Å². The zero-order chi connectivity index (χ0) is 15.5. The summed E-state index contributed by atoms with van der Waals surface area (Å²) in [6.45, 7) is 4.69. The van der Waals surface area contributed by atoms with Crippen LogP contribution in [0.15, 0.2) is 24.3 Å². The van der Waals surface area contributed by atoms with Gasteiger partial charge in [0, 0.05) is 6.04 Å². The van der Waals surface area contributed by atoms with E-state index in [0.717, 1.165) is 6.92 Å². The maximum Gasteiger partial charge on any atom is 0.323 e. The van der Waals surface area contributed by atoms with Crippen molar-refractivity contribution in [3.63, 3.8) is 0 Å². The molecule has 0 saturated heterocycles. The highest BCUT2D eigenvalue weighted by Crippen LogP contribution is 2.23. The van der Waals surface area contributed by atoms with Crippen LogP contribution in [0, 0.1) is 11.7 Å². The summed E-state index contributed by atoms with van der Waals surface area (Å²) in [6.07, 6.45) is 0. The van der Waals surface area contributed by atoms with Gasteiger partial charge in [-0.3, -0.25) is 4.79 Å². The summed E-state index contributed by atoms with van der Waals surface area (Å²) in [5.41, 5.74) is 0.586. The van der Waals surface area contributed by atoms with Gasteiger partial charge in [-0.15, -0.1) is 0 Å². The lowest BCUT2D eigenvalue weighted by molar-refractivity contribution is -0.136. The minimum Gasteiger partial charge on any atom is -0.480 e. The summed E-state index contributed by atoms with van der Waals surface area (Å²) in [5.74, 6) is -1.95. The SMILES string of the molecule is CC(C)C(NS(=O)(=O)C(C)C(=O)O)c1ccc(F)cc1. The third-order valence-corrected chi connectivity index (χ3v) is 4.72. The summed E-state index contributed by atoms with van der Waals surface area (Å²) in [6, 6.07) is 4.82. The summed E-state index contributed by atoms with van der Waals surface area (Å²) in [7, 11) is -4.01. The Hall–Kier alpha value is -1.47. The van der Waals surface area contributed by atoms with Crippen molar-refractivity contribution in [2.45, 2.75) is 32.1 Å². The molecule has 1 aromatic rings. The molecule has 1 aromatic carbocycles. The molecule has 2 atom stereocenters. The number of rotatable bonds is 6. The maximum atomic E-state index is 12.9. The first-order valence-corrected chi connectivity index (χ1v) is 7.69. The van der Waals surface area contributed by atoms with Crippen LogP contribution >= 0.6 is 0 Å². The van der Waals surface area contributed by atoms with Crippen molar-refractivity contribution in [1.82, 2.24) is 4.72 Å². The van der Waals surface area contributed by atoms with Gasteiger partial charge in [-0.1, -0.05) is 26.0 Å². The Labute approximate surface area is 117 Å². The molecule has 0 bridgehead atoms. The molecule has 0 spiro atoms. The number of hydrogen-bond donors (Lipinski definition) is 2. The Balaban J connectivity index is 3.05. The third-order valence-electron chi connectivity index (χ3n) is 3.00. The molecule has 0 amide bonds. The quantitative estimate of drug-likeness (QED) is 0.841. The van der Waals surface area contributed by atoms with E-state index < -0.39 is 33.1 Å². The molecule has 112 valence electrons. The molecule has 20 heavy (non-hydrogen) atoms. The van der Waals surface area contributed by atoms with Crippen molar-refractivity contribution in [1.29, 1.82) is 0 Å². The van der Waals surface area contributed by atoms with Crippen LogP contribution in [-0.2, 0) is 14.8 Å². The second kappa shape index (κ2) is 6.32. The van der Waals surface area contributed by atoms with Gasteiger partial charge < -0.3 is 5.11 Å². The van der Waals surface area contributed by atoms with E-state index in [9.17, 15) is 17.6 Å². The van der Waals surface area contributed by atoms with Crippen molar-refractivity contribution < 1.29 is 22.7 Å². The number of nitrogens with one attached hydrogen (secondary N) is 1. The van der Waals surface area contributed by atoms with Crippen molar-refractivity contribution in [2.24, 2.45) is 5.92 Å². The Morgan fingerprint density at radius 2 is 1.70 bits per heavy atom. The van der Waals surface area contributed by atoms with E-state index in [2.05, 4.69) is 4.72 Å². The van der Waals surface area contributed by atoms with Crippen LogP contribution in [0.2, 0.25) is 0 Å². The molecule has 2 N–H and O–H groups in total. The van der Waals surface area contributed by atoms with Gasteiger partial charge in [-0.05, 0) is 30.5 Å². The van der Waals surface area contributed by atoms with Crippen LogP contribution in [0.25, 0.3) is 0 Å². The molecular weight excluding hydrogens is 285 g/mol. The van der Waals surface area contributed by atoms with E-state index in [0.29, 0.717) is 5.56 Å². The topological polar surface area (TPSA) is 83.5 Å². The van der Waals surface area contributed by atoms with Crippen molar-refractivity contribution >= 4 is 16.0 Å². The zero-order valence-corrected chi connectivity index (χ0v) is 12.3. The second-order valence-corrected chi connectivity index (χ2v) is 6.95. The van der Waals surface area contributed by atoms with Gasteiger partial charge in [0.05, 0.1) is 0 Å². The first-order valence-electron chi connectivity index (χ1n) is 6.14. The number of halogens is 1. The summed E-state index contributed by atoms with van der Waals surface area (Å²) in [4.78, 5) is 10.8. The molecule has 2 unspecified atom stereocenters. The lowest BCUT2D eigenvalue weighted by Gasteiger charge is -2.24. The van der Waals surface area contributed by atoms with E-state index in [4.69, 9.17) is 5.11 Å². The molecular formula is C13H18FNO4S. The Morgan fingerprint density at radius 1 is 1.20 bits per heavy atom. The monoisotopic (exact) mass is 303 g/mol. The van der Waals surface area contributed by atoms with E-state index >= 15 is 0 Å². The molecule has 0 heterocycles. The van der Waals surface area contributed by atoms with Crippen LogP contribution in [0.3, 0.4) is 0 Å². The number of aliphatic carboxylic acids is 1. The predicted molar refractivity (Wildman–Crippen MR) is 73.1 cm³/mol. The van der Waals surface area contributed by atoms with Gasteiger partial charge in [-0.2, -0.15) is 0 Å². The Bertz CT molecular complexity index is 569. The van der Waals surface area contributed by atoms with Crippen LogP contribution in [0.1, 0.15) is 32.4 Å². The van der Waals surface area contributed by atoms with Crippen LogP contribution in [0.5, 0.6) is 0 Å². The first-order chi connectivity index (χ1) is 9.15. The number of carboxylic acid groups (broad SMARTS) is 1. The number of hydrogen-bond acceptors (Lipinski definition) is 3. The molecule has 0 aliphatic rings. The van der Waals surface area contributed by atoms with Crippen molar-refractivity contribution in [3.05, 3.63) is 35.6 Å². The fraction of sp³-hybridized carbons (Fsp3) is 0.462. The van der Waals surface area contributed by atoms with Gasteiger partial charge in [0.15, 0.2) is 5.25 Å². The number of carboxylic acids is 1. The lowest BCUT2D eigenvalue weighted by Crippen LogP contribution is -2.40. The molecule has 0 radical (unpaired) electrons. The second-order valence-electron chi connectivity index (χ2n) is 4.92. The minimum atomic E-state index is -4.01. The number of benzene rings is 1. The molecule has 0 fully saturated rings. The lowest BCUT2D eigenvalue weighted by atomic mass is 9.97. The van der Waals surface area contributed by atoms with Crippen LogP contribution < -0.4 is 4.72 Å². The smallest absolute Gasteiger partial charge is 0.323 e. The Kier molecular flexibility index (Phi) is 5.24. The average molecular weight is 303 g/mol. The highest BCUT2D eigenvalue weighted by molar-refractivity contribution is 7.90. The van der Waals surface area contributed by atoms with Gasteiger partial charge in [0.25, 0.3) is 0 Å². The average Bonchev–Trinajstić information content (AvgIpc) is 2.36. The van der Waals surface area contributed by atoms with Crippen molar-refractivity contribution in [3.8, 4) is 0 Å². The largest absolute Gasteiger partial charge is 0.480 e. The third kappa shape index (κ3) is 4.01. The molecule has 0 aliphatic carbocycles. The standard InChI is InChI=1S/C13H18FNO4S/c1-8(2)12(10-4-6-11(14)7-5-10)15-20(18,19)9(3)13(16)17/h4-9,12,15H,1-3H3,(H,16,17). The molecule has 5 nitrogen and oxygen atoms in total. The van der Waals surface area contributed by atoms with E-state index in [1.54, 1.807) is 13.8 Å². The van der Waals surface area contributed by atoms with Crippen LogP contribution in [-0.4, -0.2) is 24.7 Å². The normalized spacial score (nSPS) is 15.1. The predicted octanol–water partition coefficient (Wildman–Crippen LogP) is 1.92. The number of sulfonamides is 1. The fourth-order valence-electron chi connectivity index (χ4n) is 1.67. The zero-order valence-electron chi connectivity index (χ0n) is 11.5. The minimum absolute atomic E-state index is 0.115. The van der Waals surface area contributed by atoms with Gasteiger partial charge in [-0.25, -0.2) is 17.5 Å². The van der Waals surface area contributed by atoms with Gasteiger partial charge in [0.2, 0.25) is 10.0 Å². The van der Waals surface area contributed by atoms with Gasteiger partial charge >= 0.3 is 5.97 Å². The highest BCUT2D eigenvalue weighted by atomic mass is 32.2. The highest BCUT2D eigenvalue weighted by Gasteiger charge is 2.31. The first kappa shape index (κ1) is 16.6.